The summed E-state index contributed by atoms with van der Waals surface area (Å²) >= 11 is 0. The third-order valence-corrected chi connectivity index (χ3v) is 7.93. The monoisotopic (exact) mass is 608 g/mol. The summed E-state index contributed by atoms with van der Waals surface area (Å²) in [7, 11) is 0. The molecule has 0 atom stereocenters. The van der Waals surface area contributed by atoms with Crippen LogP contribution >= 0.6 is 0 Å². The number of nitrogens with zero attached hydrogens (tertiary/aromatic N) is 4. The lowest BCUT2D eigenvalue weighted by molar-refractivity contribution is -0.133. The largest absolute Gasteiger partial charge is 0.477 e. The summed E-state index contributed by atoms with van der Waals surface area (Å²) in [4.78, 5) is 28.0. The predicted molar refractivity (Wildman–Crippen MR) is 178 cm³/mol. The van der Waals surface area contributed by atoms with Gasteiger partial charge in [0.15, 0.2) is 0 Å². The average Bonchev–Trinajstić information content (AvgIpc) is 3.62. The van der Waals surface area contributed by atoms with Crippen molar-refractivity contribution in [3.63, 3.8) is 0 Å². The number of nitriles is 2. The Kier molecular flexibility index (Phi) is 9.92. The van der Waals surface area contributed by atoms with Gasteiger partial charge in [-0.05, 0) is 77.1 Å². The minimum Gasteiger partial charge on any atom is -0.477 e. The molecule has 0 spiro atoms. The highest BCUT2D eigenvalue weighted by Crippen LogP contribution is 2.31. The first-order valence-electron chi connectivity index (χ1n) is 14.9. The number of hydrogen-bond donors (Lipinski definition) is 2. The Morgan fingerprint density at radius 3 is 2.00 bits per heavy atom. The second-order valence-electron chi connectivity index (χ2n) is 11.0. The van der Waals surface area contributed by atoms with E-state index in [0.717, 1.165) is 48.4 Å². The summed E-state index contributed by atoms with van der Waals surface area (Å²) in [5, 5.41) is 38.3. The Bertz CT molecular complexity index is 1860. The second kappa shape index (κ2) is 14.6. The molecule has 4 aromatic carbocycles. The Hall–Kier alpha value is -6.12. The second-order valence-corrected chi connectivity index (χ2v) is 11.0. The van der Waals surface area contributed by atoms with E-state index in [4.69, 9.17) is 5.26 Å². The van der Waals surface area contributed by atoms with Crippen LogP contribution in [0.3, 0.4) is 0 Å². The molecule has 4 aromatic rings. The summed E-state index contributed by atoms with van der Waals surface area (Å²) in [6.07, 6.45) is 3.62. The number of carboxylic acids is 2. The predicted octanol–water partition coefficient (Wildman–Crippen LogP) is 6.90. The molecule has 46 heavy (non-hydrogen) atoms. The standard InChI is InChI=1S/C38H32N4O4/c39-23-32(37(43)44)21-27-11-15-34(16-12-27)42(25-28-7-2-1-3-8-28)26-29-9-6-10-31(22-29)36(35(24-40)38(45)46)30-13-17-33(18-14-30)41-19-4-5-20-41/h1-3,6-18,21-22H,4-5,19-20,25-26H2,(H,43,44)(H,45,46)/b32-21+,36-35?. The Labute approximate surface area is 268 Å². The van der Waals surface area contributed by atoms with Gasteiger partial charge in [-0.15, -0.1) is 0 Å². The van der Waals surface area contributed by atoms with E-state index >= 15 is 0 Å². The number of rotatable bonds is 11. The van der Waals surface area contributed by atoms with Gasteiger partial charge < -0.3 is 20.0 Å². The van der Waals surface area contributed by atoms with Gasteiger partial charge in [0, 0.05) is 43.1 Å². The van der Waals surface area contributed by atoms with E-state index in [1.165, 1.54) is 6.08 Å². The van der Waals surface area contributed by atoms with Crippen LogP contribution in [-0.4, -0.2) is 35.2 Å². The number of anilines is 2. The fourth-order valence-corrected chi connectivity index (χ4v) is 5.66. The van der Waals surface area contributed by atoms with Crippen molar-refractivity contribution in [3.8, 4) is 12.1 Å². The third-order valence-electron chi connectivity index (χ3n) is 7.93. The lowest BCUT2D eigenvalue weighted by Crippen LogP contribution is -2.22. The maximum Gasteiger partial charge on any atom is 0.347 e. The van der Waals surface area contributed by atoms with Gasteiger partial charge in [0.05, 0.1) is 0 Å². The van der Waals surface area contributed by atoms with Gasteiger partial charge in [-0.2, -0.15) is 10.5 Å². The van der Waals surface area contributed by atoms with Crippen molar-refractivity contribution in [2.24, 2.45) is 0 Å². The average molecular weight is 609 g/mol. The summed E-state index contributed by atoms with van der Waals surface area (Å²) in [5.74, 6) is -2.57. The van der Waals surface area contributed by atoms with E-state index in [0.29, 0.717) is 35.4 Å². The quantitative estimate of drug-likeness (QED) is 0.139. The highest BCUT2D eigenvalue weighted by atomic mass is 16.4. The van der Waals surface area contributed by atoms with Crippen molar-refractivity contribution >= 4 is 35.0 Å². The molecular weight excluding hydrogens is 576 g/mol. The Balaban J connectivity index is 1.50. The van der Waals surface area contributed by atoms with Gasteiger partial charge in [0.1, 0.15) is 23.3 Å². The molecule has 228 valence electrons. The summed E-state index contributed by atoms with van der Waals surface area (Å²) in [5.41, 5.74) is 5.50. The number of hydrogen-bond acceptors (Lipinski definition) is 6. The maximum atomic E-state index is 12.2. The first-order chi connectivity index (χ1) is 22.4. The molecule has 8 nitrogen and oxygen atoms in total. The van der Waals surface area contributed by atoms with Crippen LogP contribution in [0.5, 0.6) is 0 Å². The number of carboxylic acid groups (broad SMARTS) is 2. The molecule has 0 saturated carbocycles. The highest BCUT2D eigenvalue weighted by Gasteiger charge is 2.20. The van der Waals surface area contributed by atoms with Crippen molar-refractivity contribution in [2.45, 2.75) is 25.9 Å². The van der Waals surface area contributed by atoms with Gasteiger partial charge in [0.2, 0.25) is 0 Å². The van der Waals surface area contributed by atoms with Crippen LogP contribution in [-0.2, 0) is 22.7 Å². The zero-order valence-corrected chi connectivity index (χ0v) is 25.1. The summed E-state index contributed by atoms with van der Waals surface area (Å²) in [6.45, 7) is 3.01. The zero-order valence-electron chi connectivity index (χ0n) is 25.1. The van der Waals surface area contributed by atoms with Crippen molar-refractivity contribution in [3.05, 3.63) is 142 Å². The van der Waals surface area contributed by atoms with E-state index < -0.39 is 11.9 Å². The van der Waals surface area contributed by atoms with Gasteiger partial charge in [-0.1, -0.05) is 72.8 Å². The van der Waals surface area contributed by atoms with Crippen LogP contribution in [0, 0.1) is 22.7 Å². The van der Waals surface area contributed by atoms with E-state index in [2.05, 4.69) is 9.80 Å². The maximum absolute atomic E-state index is 12.2. The molecule has 1 fully saturated rings. The fraction of sp³-hybridized carbons (Fsp3) is 0.158. The van der Waals surface area contributed by atoms with Crippen LogP contribution < -0.4 is 9.80 Å². The summed E-state index contributed by atoms with van der Waals surface area (Å²) in [6, 6.07) is 36.2. The van der Waals surface area contributed by atoms with Gasteiger partial charge in [-0.3, -0.25) is 0 Å². The number of aliphatic carboxylic acids is 2. The number of carbonyl (C=O) groups is 2. The molecule has 8 heteroatoms. The topological polar surface area (TPSA) is 129 Å². The molecule has 1 aliphatic heterocycles. The first kappa shape index (κ1) is 31.3. The van der Waals surface area contributed by atoms with E-state index in [1.807, 2.05) is 97.1 Å². The summed E-state index contributed by atoms with van der Waals surface area (Å²) < 4.78 is 0. The van der Waals surface area contributed by atoms with Crippen LogP contribution in [0.15, 0.2) is 114 Å². The van der Waals surface area contributed by atoms with E-state index in [1.54, 1.807) is 18.2 Å². The molecule has 1 saturated heterocycles. The van der Waals surface area contributed by atoms with Gasteiger partial charge in [0.25, 0.3) is 0 Å². The van der Waals surface area contributed by atoms with Crippen LogP contribution in [0.25, 0.3) is 11.6 Å². The third kappa shape index (κ3) is 7.50. The molecule has 2 N–H and O–H groups in total. The first-order valence-corrected chi connectivity index (χ1v) is 14.9. The Morgan fingerprint density at radius 2 is 1.39 bits per heavy atom. The van der Waals surface area contributed by atoms with Crippen molar-refractivity contribution < 1.29 is 19.8 Å². The van der Waals surface area contributed by atoms with E-state index in [9.17, 15) is 25.1 Å². The van der Waals surface area contributed by atoms with E-state index in [-0.39, 0.29) is 11.1 Å². The Morgan fingerprint density at radius 1 is 0.739 bits per heavy atom. The molecule has 0 amide bonds. The molecular formula is C38H32N4O4. The highest BCUT2D eigenvalue weighted by molar-refractivity contribution is 6.04. The molecule has 0 unspecified atom stereocenters. The SMILES string of the molecule is N#CC(C(=O)O)=C(c1ccc(N2CCCC2)cc1)c1cccc(CN(Cc2ccccc2)c2ccc(/C=C(\C#N)C(=O)O)cc2)c1. The number of benzene rings is 4. The molecule has 0 aromatic heterocycles. The molecule has 0 bridgehead atoms. The molecule has 1 heterocycles. The van der Waals surface area contributed by atoms with Crippen LogP contribution in [0.4, 0.5) is 11.4 Å². The van der Waals surface area contributed by atoms with Crippen molar-refractivity contribution in [1.29, 1.82) is 10.5 Å². The van der Waals surface area contributed by atoms with Crippen molar-refractivity contribution in [2.75, 3.05) is 22.9 Å². The van der Waals surface area contributed by atoms with Crippen LogP contribution in [0.2, 0.25) is 0 Å². The van der Waals surface area contributed by atoms with Gasteiger partial charge >= 0.3 is 11.9 Å². The van der Waals surface area contributed by atoms with Crippen molar-refractivity contribution in [1.82, 2.24) is 0 Å². The minimum atomic E-state index is -1.28. The minimum absolute atomic E-state index is 0.325. The van der Waals surface area contributed by atoms with Crippen LogP contribution in [0.1, 0.15) is 40.7 Å². The lowest BCUT2D eigenvalue weighted by atomic mass is 9.92. The lowest BCUT2D eigenvalue weighted by Gasteiger charge is -2.26. The van der Waals surface area contributed by atoms with Gasteiger partial charge in [-0.25, -0.2) is 9.59 Å². The normalized spacial score (nSPS) is 13.3. The molecule has 5 rings (SSSR count). The zero-order chi connectivity index (χ0) is 32.5. The molecule has 0 aliphatic carbocycles. The fourth-order valence-electron chi connectivity index (χ4n) is 5.66. The molecule has 0 radical (unpaired) electrons. The molecule has 1 aliphatic rings. The smallest absolute Gasteiger partial charge is 0.347 e.